The van der Waals surface area contributed by atoms with Gasteiger partial charge in [-0.3, -0.25) is 9.69 Å². The normalized spacial score (nSPS) is 15.2. The van der Waals surface area contributed by atoms with Crippen molar-refractivity contribution in [2.24, 2.45) is 0 Å². The number of carbonyl (C=O) groups is 1. The summed E-state index contributed by atoms with van der Waals surface area (Å²) in [6, 6.07) is 9.75. The van der Waals surface area contributed by atoms with Gasteiger partial charge in [0, 0.05) is 0 Å². The van der Waals surface area contributed by atoms with E-state index in [9.17, 15) is 4.79 Å². The van der Waals surface area contributed by atoms with Gasteiger partial charge in [-0.15, -0.1) is 0 Å². The minimum atomic E-state index is -0.117. The van der Waals surface area contributed by atoms with Gasteiger partial charge in [0.2, 0.25) is 0 Å². The molecule has 0 radical (unpaired) electrons. The topological polar surface area (TPSA) is 38.8 Å². The fourth-order valence-corrected chi connectivity index (χ4v) is 4.86. The molecule has 7 heteroatoms. The maximum atomic E-state index is 13.1. The quantitative estimate of drug-likeness (QED) is 0.310. The Morgan fingerprint density at radius 2 is 1.90 bits per heavy atom. The first-order valence-electron chi connectivity index (χ1n) is 9.80. The molecule has 0 atom stereocenters. The van der Waals surface area contributed by atoms with Gasteiger partial charge in [-0.25, -0.2) is 0 Å². The van der Waals surface area contributed by atoms with E-state index in [-0.39, 0.29) is 5.91 Å². The first kappa shape index (κ1) is 22.8. The van der Waals surface area contributed by atoms with E-state index in [4.69, 9.17) is 21.7 Å². The Bertz CT molecular complexity index is 1020. The van der Waals surface area contributed by atoms with Crippen molar-refractivity contribution in [2.45, 2.75) is 34.1 Å². The lowest BCUT2D eigenvalue weighted by Crippen LogP contribution is -2.27. The molecule has 0 N–H and O–H groups in total. The highest BCUT2D eigenvalue weighted by atomic mass is 79.9. The Labute approximate surface area is 195 Å². The second kappa shape index (κ2) is 9.98. The molecule has 158 valence electrons. The zero-order chi connectivity index (χ0) is 21.8. The minimum absolute atomic E-state index is 0.117. The van der Waals surface area contributed by atoms with Crippen molar-refractivity contribution in [3.63, 3.8) is 0 Å². The van der Waals surface area contributed by atoms with Crippen LogP contribution in [-0.2, 0) is 4.79 Å². The highest BCUT2D eigenvalue weighted by Crippen LogP contribution is 2.40. The fraction of sp³-hybridized carbons (Fsp3) is 0.304. The molecular weight excluding hydrogens is 482 g/mol. The Balaban J connectivity index is 1.94. The van der Waals surface area contributed by atoms with Crippen LogP contribution in [-0.4, -0.2) is 23.4 Å². The molecule has 0 bridgehead atoms. The van der Waals surface area contributed by atoms with Crippen LogP contribution in [0.5, 0.6) is 11.5 Å². The first-order chi connectivity index (χ1) is 14.3. The van der Waals surface area contributed by atoms with Crippen molar-refractivity contribution in [3.05, 3.63) is 56.4 Å². The third-order valence-corrected chi connectivity index (χ3v) is 6.51. The number of amides is 1. The van der Waals surface area contributed by atoms with Crippen LogP contribution in [0.3, 0.4) is 0 Å². The highest BCUT2D eigenvalue weighted by molar-refractivity contribution is 9.10. The van der Waals surface area contributed by atoms with Crippen LogP contribution >= 0.6 is 39.9 Å². The van der Waals surface area contributed by atoms with E-state index in [1.165, 1.54) is 17.3 Å². The zero-order valence-corrected chi connectivity index (χ0v) is 20.7. The number of halogens is 1. The van der Waals surface area contributed by atoms with Gasteiger partial charge in [0.25, 0.3) is 5.91 Å². The molecule has 1 fully saturated rings. The van der Waals surface area contributed by atoms with E-state index in [2.05, 4.69) is 22.9 Å². The lowest BCUT2D eigenvalue weighted by Gasteiger charge is -2.16. The van der Waals surface area contributed by atoms with Crippen molar-refractivity contribution in [2.75, 3.05) is 18.1 Å². The molecule has 30 heavy (non-hydrogen) atoms. The molecule has 1 aliphatic rings. The summed E-state index contributed by atoms with van der Waals surface area (Å²) in [6.07, 6.45) is 2.75. The number of rotatable bonds is 7. The number of nitrogens with zero attached hydrogens (tertiary/aromatic N) is 1. The van der Waals surface area contributed by atoms with Crippen molar-refractivity contribution in [1.29, 1.82) is 0 Å². The third-order valence-electron chi connectivity index (χ3n) is 4.62. The maximum Gasteiger partial charge on any atom is 0.270 e. The minimum Gasteiger partial charge on any atom is -0.490 e. The number of carbonyl (C=O) groups excluding carboxylic acids is 1. The number of thiocarbonyl (C=S) groups is 1. The molecule has 2 aromatic rings. The summed E-state index contributed by atoms with van der Waals surface area (Å²) in [5.74, 6) is 1.21. The van der Waals surface area contributed by atoms with E-state index >= 15 is 0 Å². The second-order valence-corrected chi connectivity index (χ2v) is 9.43. The Morgan fingerprint density at radius 3 is 2.57 bits per heavy atom. The van der Waals surface area contributed by atoms with Crippen molar-refractivity contribution >= 4 is 61.9 Å². The van der Waals surface area contributed by atoms with Gasteiger partial charge >= 0.3 is 0 Å². The molecule has 0 spiro atoms. The SMILES string of the molecule is CCCOc1c(Br)cc(/C=C2/SC(=S)N(c3ccc(C)c(C)c3)C2=O)cc1OCC. The molecule has 0 aliphatic carbocycles. The van der Waals surface area contributed by atoms with Gasteiger partial charge in [0.05, 0.1) is 28.3 Å². The monoisotopic (exact) mass is 505 g/mol. The molecular formula is C23H24BrNO3S2. The van der Waals surface area contributed by atoms with Gasteiger partial charge in [-0.1, -0.05) is 37.0 Å². The molecule has 4 nitrogen and oxygen atoms in total. The van der Waals surface area contributed by atoms with Crippen molar-refractivity contribution in [3.8, 4) is 11.5 Å². The Hall–Kier alpha value is -1.83. The molecule has 1 aliphatic heterocycles. The van der Waals surface area contributed by atoms with Crippen LogP contribution in [0.1, 0.15) is 37.0 Å². The predicted octanol–water partition coefficient (Wildman–Crippen LogP) is 6.66. The van der Waals surface area contributed by atoms with Crippen LogP contribution in [0.25, 0.3) is 6.08 Å². The van der Waals surface area contributed by atoms with Crippen LogP contribution in [0.4, 0.5) is 5.69 Å². The summed E-state index contributed by atoms with van der Waals surface area (Å²) >= 11 is 10.4. The predicted molar refractivity (Wildman–Crippen MR) is 133 cm³/mol. The highest BCUT2D eigenvalue weighted by Gasteiger charge is 2.33. The maximum absolute atomic E-state index is 13.1. The van der Waals surface area contributed by atoms with Crippen molar-refractivity contribution in [1.82, 2.24) is 0 Å². The summed E-state index contributed by atoms with van der Waals surface area (Å²) in [5, 5.41) is 0. The number of aryl methyl sites for hydroxylation is 2. The van der Waals surface area contributed by atoms with E-state index in [0.717, 1.165) is 27.7 Å². The summed E-state index contributed by atoms with van der Waals surface area (Å²) in [6.45, 7) is 9.19. The zero-order valence-electron chi connectivity index (χ0n) is 17.5. The van der Waals surface area contributed by atoms with Crippen LogP contribution in [0.15, 0.2) is 39.7 Å². The number of hydrogen-bond donors (Lipinski definition) is 0. The number of hydrogen-bond acceptors (Lipinski definition) is 5. The second-order valence-electron chi connectivity index (χ2n) is 6.90. The molecule has 1 heterocycles. The Morgan fingerprint density at radius 1 is 1.13 bits per heavy atom. The third kappa shape index (κ3) is 4.90. The first-order valence-corrected chi connectivity index (χ1v) is 11.8. The molecule has 1 saturated heterocycles. The Kier molecular flexibility index (Phi) is 7.60. The van der Waals surface area contributed by atoms with Gasteiger partial charge < -0.3 is 9.47 Å². The van der Waals surface area contributed by atoms with E-state index in [1.807, 2.05) is 57.2 Å². The summed E-state index contributed by atoms with van der Waals surface area (Å²) in [7, 11) is 0. The summed E-state index contributed by atoms with van der Waals surface area (Å²) in [5.41, 5.74) is 3.94. The number of ether oxygens (including phenoxy) is 2. The summed E-state index contributed by atoms with van der Waals surface area (Å²) < 4.78 is 12.9. The van der Waals surface area contributed by atoms with Gasteiger partial charge in [-0.05, 0) is 90.2 Å². The molecule has 3 rings (SSSR count). The van der Waals surface area contributed by atoms with Crippen LogP contribution in [0.2, 0.25) is 0 Å². The van der Waals surface area contributed by atoms with Crippen LogP contribution in [0, 0.1) is 13.8 Å². The van der Waals surface area contributed by atoms with E-state index < -0.39 is 0 Å². The average Bonchev–Trinajstić information content (AvgIpc) is 2.97. The van der Waals surface area contributed by atoms with E-state index in [1.54, 1.807) is 4.90 Å². The largest absolute Gasteiger partial charge is 0.490 e. The molecule has 2 aromatic carbocycles. The molecule has 0 saturated carbocycles. The standard InChI is InChI=1S/C23H24BrNO3S2/c1-5-9-28-21-18(24)11-16(12-19(21)27-6-2)13-20-22(26)25(23(29)30-20)17-8-7-14(3)15(4)10-17/h7-8,10-13H,5-6,9H2,1-4H3/b20-13+. The fourth-order valence-electron chi connectivity index (χ4n) is 2.98. The molecule has 1 amide bonds. The van der Waals surface area contributed by atoms with Crippen LogP contribution < -0.4 is 14.4 Å². The molecule has 0 unspecified atom stereocenters. The van der Waals surface area contributed by atoms with Crippen molar-refractivity contribution < 1.29 is 14.3 Å². The van der Waals surface area contributed by atoms with E-state index in [0.29, 0.717) is 33.9 Å². The average molecular weight is 506 g/mol. The lowest BCUT2D eigenvalue weighted by atomic mass is 10.1. The van der Waals surface area contributed by atoms with Gasteiger partial charge in [0.1, 0.15) is 0 Å². The number of benzene rings is 2. The van der Waals surface area contributed by atoms with Gasteiger partial charge in [-0.2, -0.15) is 0 Å². The summed E-state index contributed by atoms with van der Waals surface area (Å²) in [4.78, 5) is 15.3. The molecule has 0 aromatic heterocycles. The number of anilines is 1. The number of thioether (sulfide) groups is 1. The lowest BCUT2D eigenvalue weighted by molar-refractivity contribution is -0.113. The smallest absolute Gasteiger partial charge is 0.270 e. The van der Waals surface area contributed by atoms with Gasteiger partial charge in [0.15, 0.2) is 15.8 Å².